The van der Waals surface area contributed by atoms with E-state index in [1.165, 1.54) is 25.7 Å². The molecule has 1 saturated carbocycles. The normalized spacial score (nSPS) is 19.9. The molecule has 94 valence electrons. The standard InChI is InChI=1S/C13H21N3O/c1-17-13(6-4-2-3-5-7-13)12-15-9-11(8-14)10-16-12/h9-10H,2-8,14H2,1H3. The molecule has 1 fully saturated rings. The number of hydrogen-bond donors (Lipinski definition) is 1. The smallest absolute Gasteiger partial charge is 0.160 e. The third kappa shape index (κ3) is 2.64. The highest BCUT2D eigenvalue weighted by Gasteiger charge is 2.35. The Hall–Kier alpha value is -1.00. The molecule has 0 unspecified atom stereocenters. The van der Waals surface area contributed by atoms with E-state index in [9.17, 15) is 0 Å². The lowest BCUT2D eigenvalue weighted by Gasteiger charge is -2.29. The van der Waals surface area contributed by atoms with Crippen LogP contribution in [0.25, 0.3) is 0 Å². The van der Waals surface area contributed by atoms with Crippen LogP contribution in [0.5, 0.6) is 0 Å². The van der Waals surface area contributed by atoms with Crippen LogP contribution in [0.15, 0.2) is 12.4 Å². The van der Waals surface area contributed by atoms with Gasteiger partial charge >= 0.3 is 0 Å². The van der Waals surface area contributed by atoms with Gasteiger partial charge in [-0.15, -0.1) is 0 Å². The first-order valence-electron chi connectivity index (χ1n) is 6.37. The second kappa shape index (κ2) is 5.56. The fourth-order valence-corrected chi connectivity index (χ4v) is 2.51. The van der Waals surface area contributed by atoms with E-state index < -0.39 is 0 Å². The first-order chi connectivity index (χ1) is 8.30. The third-order valence-corrected chi connectivity index (χ3v) is 3.65. The van der Waals surface area contributed by atoms with E-state index in [1.54, 1.807) is 7.11 Å². The maximum absolute atomic E-state index is 5.76. The third-order valence-electron chi connectivity index (χ3n) is 3.65. The molecule has 0 amide bonds. The Morgan fingerprint density at radius 3 is 2.24 bits per heavy atom. The van der Waals surface area contributed by atoms with Gasteiger partial charge in [0.05, 0.1) is 0 Å². The first kappa shape index (κ1) is 12.5. The number of ether oxygens (including phenoxy) is 1. The molecule has 2 rings (SSSR count). The highest BCUT2D eigenvalue weighted by molar-refractivity contribution is 5.10. The monoisotopic (exact) mass is 235 g/mol. The van der Waals surface area contributed by atoms with E-state index in [0.29, 0.717) is 6.54 Å². The molecular formula is C13H21N3O. The molecular weight excluding hydrogens is 214 g/mol. The predicted molar refractivity (Wildman–Crippen MR) is 66.3 cm³/mol. The van der Waals surface area contributed by atoms with Crippen LogP contribution in [-0.2, 0) is 16.9 Å². The van der Waals surface area contributed by atoms with Crippen molar-refractivity contribution in [2.75, 3.05) is 7.11 Å². The zero-order valence-corrected chi connectivity index (χ0v) is 10.5. The Morgan fingerprint density at radius 1 is 1.18 bits per heavy atom. The van der Waals surface area contributed by atoms with Crippen LogP contribution in [0, 0.1) is 0 Å². The van der Waals surface area contributed by atoms with Crippen molar-refractivity contribution < 1.29 is 4.74 Å². The Morgan fingerprint density at radius 2 is 1.76 bits per heavy atom. The maximum atomic E-state index is 5.76. The van der Waals surface area contributed by atoms with Crippen molar-refractivity contribution >= 4 is 0 Å². The number of aromatic nitrogens is 2. The number of hydrogen-bond acceptors (Lipinski definition) is 4. The molecule has 0 saturated heterocycles. The summed E-state index contributed by atoms with van der Waals surface area (Å²) in [4.78, 5) is 8.88. The van der Waals surface area contributed by atoms with Gasteiger partial charge in [-0.2, -0.15) is 0 Å². The molecule has 1 aromatic heterocycles. The van der Waals surface area contributed by atoms with E-state index in [0.717, 1.165) is 24.2 Å². The van der Waals surface area contributed by atoms with Crippen molar-refractivity contribution in [1.29, 1.82) is 0 Å². The van der Waals surface area contributed by atoms with Gasteiger partial charge in [0.2, 0.25) is 0 Å². The van der Waals surface area contributed by atoms with Gasteiger partial charge in [0, 0.05) is 31.6 Å². The minimum absolute atomic E-state index is 0.274. The zero-order valence-electron chi connectivity index (χ0n) is 10.5. The summed E-state index contributed by atoms with van der Waals surface area (Å²) in [6.07, 6.45) is 10.6. The average molecular weight is 235 g/mol. The van der Waals surface area contributed by atoms with E-state index in [2.05, 4.69) is 9.97 Å². The second-order valence-corrected chi connectivity index (χ2v) is 4.73. The molecule has 1 aliphatic carbocycles. The largest absolute Gasteiger partial charge is 0.370 e. The summed E-state index contributed by atoms with van der Waals surface area (Å²) in [5.74, 6) is 0.819. The van der Waals surface area contributed by atoms with Crippen molar-refractivity contribution in [3.8, 4) is 0 Å². The number of rotatable bonds is 3. The predicted octanol–water partition coefficient (Wildman–Crippen LogP) is 2.13. The Labute approximate surface area is 103 Å². The topological polar surface area (TPSA) is 61.0 Å². The molecule has 1 heterocycles. The van der Waals surface area contributed by atoms with Crippen LogP contribution in [0.3, 0.4) is 0 Å². The fourth-order valence-electron chi connectivity index (χ4n) is 2.51. The Balaban J connectivity index is 2.25. The first-order valence-corrected chi connectivity index (χ1v) is 6.37. The molecule has 0 aliphatic heterocycles. The van der Waals surface area contributed by atoms with Crippen LogP contribution < -0.4 is 5.73 Å². The summed E-state index contributed by atoms with van der Waals surface area (Å²) in [6, 6.07) is 0. The summed E-state index contributed by atoms with van der Waals surface area (Å²) >= 11 is 0. The summed E-state index contributed by atoms with van der Waals surface area (Å²) in [5.41, 5.74) is 6.25. The van der Waals surface area contributed by atoms with Crippen LogP contribution >= 0.6 is 0 Å². The van der Waals surface area contributed by atoms with E-state index >= 15 is 0 Å². The van der Waals surface area contributed by atoms with Crippen LogP contribution in [0.1, 0.15) is 49.9 Å². The van der Waals surface area contributed by atoms with E-state index in [-0.39, 0.29) is 5.60 Å². The van der Waals surface area contributed by atoms with Gasteiger partial charge in [0.1, 0.15) is 5.60 Å². The summed E-state index contributed by atoms with van der Waals surface area (Å²) in [6.45, 7) is 0.486. The summed E-state index contributed by atoms with van der Waals surface area (Å²) < 4.78 is 5.76. The SMILES string of the molecule is COC1(c2ncc(CN)cn2)CCCCCC1. The Bertz CT molecular complexity index is 342. The van der Waals surface area contributed by atoms with Gasteiger partial charge in [-0.25, -0.2) is 9.97 Å². The summed E-state index contributed by atoms with van der Waals surface area (Å²) in [7, 11) is 1.77. The maximum Gasteiger partial charge on any atom is 0.160 e. The molecule has 1 aliphatic rings. The fraction of sp³-hybridized carbons (Fsp3) is 0.692. The molecule has 1 aromatic rings. The lowest BCUT2D eigenvalue weighted by atomic mass is 9.93. The zero-order chi connectivity index (χ0) is 12.1. The number of methoxy groups -OCH3 is 1. The van der Waals surface area contributed by atoms with Crippen molar-refractivity contribution in [1.82, 2.24) is 9.97 Å². The molecule has 0 atom stereocenters. The minimum atomic E-state index is -0.274. The van der Waals surface area contributed by atoms with Gasteiger partial charge in [-0.05, 0) is 12.8 Å². The highest BCUT2D eigenvalue weighted by Crippen LogP contribution is 2.36. The van der Waals surface area contributed by atoms with E-state index in [4.69, 9.17) is 10.5 Å². The van der Waals surface area contributed by atoms with Crippen LogP contribution in [0.2, 0.25) is 0 Å². The lowest BCUT2D eigenvalue weighted by molar-refractivity contribution is -0.0352. The number of nitrogens with two attached hydrogens (primary N) is 1. The van der Waals surface area contributed by atoms with Crippen molar-refractivity contribution in [2.24, 2.45) is 5.73 Å². The minimum Gasteiger partial charge on any atom is -0.370 e. The van der Waals surface area contributed by atoms with Crippen LogP contribution in [0.4, 0.5) is 0 Å². The van der Waals surface area contributed by atoms with Gasteiger partial charge in [0.15, 0.2) is 5.82 Å². The Kier molecular flexibility index (Phi) is 4.07. The average Bonchev–Trinajstić information content (AvgIpc) is 2.65. The lowest BCUT2D eigenvalue weighted by Crippen LogP contribution is -2.30. The molecule has 0 aromatic carbocycles. The second-order valence-electron chi connectivity index (χ2n) is 4.73. The molecule has 4 heteroatoms. The van der Waals surface area contributed by atoms with Crippen LogP contribution in [-0.4, -0.2) is 17.1 Å². The molecule has 0 bridgehead atoms. The van der Waals surface area contributed by atoms with Crippen molar-refractivity contribution in [3.63, 3.8) is 0 Å². The molecule has 2 N–H and O–H groups in total. The molecule has 17 heavy (non-hydrogen) atoms. The van der Waals surface area contributed by atoms with E-state index in [1.807, 2.05) is 12.4 Å². The quantitative estimate of drug-likeness (QED) is 0.815. The number of nitrogens with zero attached hydrogens (tertiary/aromatic N) is 2. The van der Waals surface area contributed by atoms with Crippen molar-refractivity contribution in [2.45, 2.75) is 50.7 Å². The summed E-state index contributed by atoms with van der Waals surface area (Å²) in [5, 5.41) is 0. The molecule has 4 nitrogen and oxygen atoms in total. The molecule has 0 radical (unpaired) electrons. The van der Waals surface area contributed by atoms with Gasteiger partial charge in [-0.1, -0.05) is 25.7 Å². The van der Waals surface area contributed by atoms with Gasteiger partial charge < -0.3 is 10.5 Å². The molecule has 0 spiro atoms. The highest BCUT2D eigenvalue weighted by atomic mass is 16.5. The van der Waals surface area contributed by atoms with Crippen molar-refractivity contribution in [3.05, 3.63) is 23.8 Å². The van der Waals surface area contributed by atoms with Gasteiger partial charge in [0.25, 0.3) is 0 Å². The van der Waals surface area contributed by atoms with Gasteiger partial charge in [-0.3, -0.25) is 0 Å².